The topological polar surface area (TPSA) is 55.7 Å². The molecule has 1 atom stereocenters. The number of pyridine rings is 1. The second kappa shape index (κ2) is 5.38. The summed E-state index contributed by atoms with van der Waals surface area (Å²) in [7, 11) is 1.57. The van der Waals surface area contributed by atoms with Crippen molar-refractivity contribution in [1.82, 2.24) is 10.5 Å². The lowest BCUT2D eigenvalue weighted by Crippen LogP contribution is -2.41. The van der Waals surface area contributed by atoms with Crippen LogP contribution in [-0.4, -0.2) is 30.6 Å². The van der Waals surface area contributed by atoms with Crippen molar-refractivity contribution in [2.24, 2.45) is 10.4 Å². The maximum Gasteiger partial charge on any atom is 0.228 e. The molecule has 0 saturated heterocycles. The molecule has 1 aromatic heterocycles. The van der Waals surface area contributed by atoms with Gasteiger partial charge in [0, 0.05) is 0 Å². The van der Waals surface area contributed by atoms with Crippen molar-refractivity contribution in [1.29, 1.82) is 0 Å². The van der Waals surface area contributed by atoms with Crippen molar-refractivity contribution in [3.63, 3.8) is 0 Å². The molecule has 5 nitrogen and oxygen atoms in total. The first-order chi connectivity index (χ1) is 8.91. The molecule has 0 spiro atoms. The molecular formula is C13H17BrN3O2+. The minimum atomic E-state index is -0.202. The molecule has 6 heteroatoms. The van der Waals surface area contributed by atoms with E-state index in [1.807, 2.05) is 26.0 Å². The van der Waals surface area contributed by atoms with E-state index in [-0.39, 0.29) is 11.5 Å². The van der Waals surface area contributed by atoms with Gasteiger partial charge in [-0.2, -0.15) is 0 Å². The van der Waals surface area contributed by atoms with Gasteiger partial charge in [-0.15, -0.1) is 0 Å². The lowest BCUT2D eigenvalue weighted by Gasteiger charge is -2.26. The second-order valence-electron chi connectivity index (χ2n) is 5.08. The molecule has 1 aromatic rings. The fourth-order valence-electron chi connectivity index (χ4n) is 1.63. The van der Waals surface area contributed by atoms with Crippen LogP contribution in [-0.2, 0) is 4.84 Å². The minimum absolute atomic E-state index is 0.0137. The highest BCUT2D eigenvalue weighted by Gasteiger charge is 2.34. The Labute approximate surface area is 121 Å². The molecular weight excluding hydrogens is 310 g/mol. The highest BCUT2D eigenvalue weighted by atomic mass is 79.9. The van der Waals surface area contributed by atoms with Crippen LogP contribution in [0, 0.1) is 12.3 Å². The molecule has 0 fully saturated rings. The summed E-state index contributed by atoms with van der Waals surface area (Å²) >= 11 is 3.37. The fraction of sp³-hybridized carbons (Fsp3) is 0.462. The highest BCUT2D eigenvalue weighted by molar-refractivity contribution is 9.10. The molecule has 1 N–H and O–H groups in total. The summed E-state index contributed by atoms with van der Waals surface area (Å²) in [5.41, 5.74) is 3.27. The zero-order valence-corrected chi connectivity index (χ0v) is 12.8. The first-order valence-electron chi connectivity index (χ1n) is 5.93. The number of nitrogens with zero attached hydrogens (tertiary/aromatic N) is 2. The third kappa shape index (κ3) is 3.19. The zero-order chi connectivity index (χ0) is 14.0. The van der Waals surface area contributed by atoms with Gasteiger partial charge in [0.25, 0.3) is 0 Å². The number of rotatable bonds is 3. The van der Waals surface area contributed by atoms with E-state index in [0.717, 1.165) is 4.47 Å². The summed E-state index contributed by atoms with van der Waals surface area (Å²) < 4.78 is 5.97. The Bertz CT molecular complexity index is 497. The van der Waals surface area contributed by atoms with Gasteiger partial charge in [0.1, 0.15) is 23.8 Å². The Morgan fingerprint density at radius 3 is 2.89 bits per heavy atom. The molecule has 0 radical (unpaired) electrons. The van der Waals surface area contributed by atoms with Crippen LogP contribution in [0.1, 0.15) is 19.5 Å². The number of nitrogens with one attached hydrogen (secondary N) is 1. The average Bonchev–Trinajstić information content (AvgIpc) is 2.38. The van der Waals surface area contributed by atoms with Crippen LogP contribution in [0.5, 0.6) is 5.88 Å². The highest BCUT2D eigenvalue weighted by Crippen LogP contribution is 2.26. The van der Waals surface area contributed by atoms with Gasteiger partial charge in [0.05, 0.1) is 18.5 Å². The van der Waals surface area contributed by atoms with Crippen LogP contribution in [0.15, 0.2) is 21.6 Å². The number of hydrogen-bond donors (Lipinski definition) is 1. The maximum atomic E-state index is 5.37. The van der Waals surface area contributed by atoms with Crippen LogP contribution in [0.3, 0.4) is 0 Å². The number of halogens is 1. The van der Waals surface area contributed by atoms with Gasteiger partial charge in [-0.3, -0.25) is 9.83 Å². The molecule has 102 valence electrons. The Balaban J connectivity index is 2.33. The molecule has 0 saturated carbocycles. The van der Waals surface area contributed by atoms with E-state index in [1.165, 1.54) is 0 Å². The summed E-state index contributed by atoms with van der Waals surface area (Å²) in [6, 6.07) is 3.70. The van der Waals surface area contributed by atoms with Crippen LogP contribution >= 0.6 is 15.9 Å². The molecule has 1 unspecified atom stereocenters. The van der Waals surface area contributed by atoms with Crippen molar-refractivity contribution in [2.75, 3.05) is 13.7 Å². The first-order valence-corrected chi connectivity index (χ1v) is 6.73. The molecule has 0 aliphatic carbocycles. The van der Waals surface area contributed by atoms with Gasteiger partial charge in [0.15, 0.2) is 5.84 Å². The Morgan fingerprint density at radius 2 is 2.26 bits per heavy atom. The van der Waals surface area contributed by atoms with Gasteiger partial charge >= 0.3 is 0 Å². The monoisotopic (exact) mass is 326 g/mol. The molecule has 2 heterocycles. The quantitative estimate of drug-likeness (QED) is 0.866. The van der Waals surface area contributed by atoms with Gasteiger partial charge in [0.2, 0.25) is 5.88 Å². The SMILES string of the molecule is [CH2+]C(C)(C)C1CONC(c2ccc(Br)c(OC)n2)=N1. The fourth-order valence-corrected chi connectivity index (χ4v) is 2.01. The number of hydrogen-bond acceptors (Lipinski definition) is 5. The van der Waals surface area contributed by atoms with Crippen molar-refractivity contribution < 1.29 is 9.57 Å². The summed E-state index contributed by atoms with van der Waals surface area (Å²) in [5.74, 6) is 1.11. The maximum absolute atomic E-state index is 5.37. The lowest BCUT2D eigenvalue weighted by molar-refractivity contribution is 0.0422. The molecule has 1 aliphatic rings. The normalized spacial score (nSPS) is 19.6. The second-order valence-corrected chi connectivity index (χ2v) is 5.94. The number of methoxy groups -OCH3 is 1. The van der Waals surface area contributed by atoms with Crippen molar-refractivity contribution in [2.45, 2.75) is 19.9 Å². The van der Waals surface area contributed by atoms with Gasteiger partial charge in [-0.05, 0) is 41.9 Å². The predicted molar refractivity (Wildman–Crippen MR) is 77.0 cm³/mol. The van der Waals surface area contributed by atoms with E-state index in [1.54, 1.807) is 7.11 Å². The molecule has 2 rings (SSSR count). The first kappa shape index (κ1) is 14.1. The van der Waals surface area contributed by atoms with Crippen LogP contribution in [0.2, 0.25) is 0 Å². The molecule has 19 heavy (non-hydrogen) atoms. The van der Waals surface area contributed by atoms with E-state index in [0.29, 0.717) is 24.0 Å². The smallest absolute Gasteiger partial charge is 0.228 e. The van der Waals surface area contributed by atoms with E-state index in [4.69, 9.17) is 9.57 Å². The third-order valence-electron chi connectivity index (χ3n) is 2.85. The summed E-state index contributed by atoms with van der Waals surface area (Å²) in [6.45, 7) is 8.66. The minimum Gasteiger partial charge on any atom is -0.480 e. The van der Waals surface area contributed by atoms with Crippen molar-refractivity contribution >= 4 is 21.8 Å². The molecule has 1 aliphatic heterocycles. The Morgan fingerprint density at radius 1 is 1.53 bits per heavy atom. The summed E-state index contributed by atoms with van der Waals surface area (Å²) in [6.07, 6.45) is 0. The Hall–Kier alpha value is -1.27. The van der Waals surface area contributed by atoms with Gasteiger partial charge in [-0.25, -0.2) is 10.5 Å². The van der Waals surface area contributed by atoms with Crippen molar-refractivity contribution in [3.05, 3.63) is 29.2 Å². The number of aromatic nitrogens is 1. The van der Waals surface area contributed by atoms with Crippen LogP contribution < -0.4 is 10.2 Å². The Kier molecular flexibility index (Phi) is 4.01. The van der Waals surface area contributed by atoms with Gasteiger partial charge in [-0.1, -0.05) is 0 Å². The van der Waals surface area contributed by atoms with Crippen molar-refractivity contribution in [3.8, 4) is 5.88 Å². The average molecular weight is 327 g/mol. The largest absolute Gasteiger partial charge is 0.480 e. The third-order valence-corrected chi connectivity index (χ3v) is 3.45. The van der Waals surface area contributed by atoms with E-state index < -0.39 is 0 Å². The summed E-state index contributed by atoms with van der Waals surface area (Å²) in [5, 5.41) is 0. The standard InChI is InChI=1S/C13H17BrN3O2/c1-13(2,3)10-7-19-17-11(16-10)9-6-5-8(14)12(15-9)18-4/h5-6,10H,1,7H2,2-4H3,(H,16,17)/q+1. The van der Waals surface area contributed by atoms with E-state index in [9.17, 15) is 0 Å². The van der Waals surface area contributed by atoms with Crippen LogP contribution in [0.25, 0.3) is 0 Å². The van der Waals surface area contributed by atoms with E-state index in [2.05, 4.69) is 38.3 Å². The number of amidine groups is 1. The predicted octanol–water partition coefficient (Wildman–Crippen LogP) is 2.36. The number of ether oxygens (including phenoxy) is 1. The summed E-state index contributed by atoms with van der Waals surface area (Å²) in [4.78, 5) is 14.3. The number of aliphatic imine (C=N–C) groups is 1. The van der Waals surface area contributed by atoms with Crippen LogP contribution in [0.4, 0.5) is 0 Å². The molecule has 0 amide bonds. The van der Waals surface area contributed by atoms with E-state index >= 15 is 0 Å². The molecule has 0 aromatic carbocycles. The lowest BCUT2D eigenvalue weighted by atomic mass is 9.87. The zero-order valence-electron chi connectivity index (χ0n) is 11.2. The van der Waals surface area contributed by atoms with Gasteiger partial charge < -0.3 is 4.74 Å². The molecule has 0 bridgehead atoms. The number of hydroxylamine groups is 1.